The number of carbonyl (C=O) groups excluding carboxylic acids is 3. The molecule has 1 aromatic carbocycles. The number of hydrogen-bond acceptors (Lipinski definition) is 10. The third kappa shape index (κ3) is 3.61. The number of pyridine rings is 1. The van der Waals surface area contributed by atoms with Crippen molar-refractivity contribution < 1.29 is 34.8 Å². The lowest BCUT2D eigenvalue weighted by Gasteiger charge is -2.46. The average molecular weight is 521 g/mol. The van der Waals surface area contributed by atoms with Crippen molar-refractivity contribution in [2.45, 2.75) is 31.4 Å². The molecule has 198 valence electrons. The quantitative estimate of drug-likeness (QED) is 0.249. The summed E-state index contributed by atoms with van der Waals surface area (Å²) in [5, 5.41) is 47.9. The second-order valence-corrected chi connectivity index (χ2v) is 10.2. The Balaban J connectivity index is 1.64. The van der Waals surface area contributed by atoms with E-state index in [-0.39, 0.29) is 36.1 Å². The van der Waals surface area contributed by atoms with Crippen LogP contribution in [-0.2, 0) is 27.3 Å². The number of aromatic nitrogens is 1. The molecule has 11 nitrogen and oxygen atoms in total. The predicted molar refractivity (Wildman–Crippen MR) is 137 cm³/mol. The molecule has 0 radical (unpaired) electrons. The van der Waals surface area contributed by atoms with Gasteiger partial charge in [-0.05, 0) is 42.0 Å². The van der Waals surface area contributed by atoms with Gasteiger partial charge in [0, 0.05) is 56.6 Å². The molecule has 3 aliphatic carbocycles. The van der Waals surface area contributed by atoms with Gasteiger partial charge in [0.2, 0.25) is 5.78 Å². The monoisotopic (exact) mass is 520 g/mol. The van der Waals surface area contributed by atoms with Gasteiger partial charge in [-0.15, -0.1) is 0 Å². The molecule has 3 aliphatic rings. The molecule has 0 bridgehead atoms. The number of nitrogens with two attached hydrogens (primary N) is 1. The van der Waals surface area contributed by atoms with Gasteiger partial charge in [-0.2, -0.15) is 0 Å². The number of Topliss-reactive ketones (excluding diaryl/α,β-unsaturated/α-hetero) is 2. The number of ketones is 2. The molecule has 1 aromatic heterocycles. The van der Waals surface area contributed by atoms with Gasteiger partial charge in [-0.25, -0.2) is 0 Å². The van der Waals surface area contributed by atoms with E-state index in [1.54, 1.807) is 24.5 Å². The molecule has 38 heavy (non-hydrogen) atoms. The lowest BCUT2D eigenvalue weighted by Crippen LogP contribution is -2.58. The van der Waals surface area contributed by atoms with E-state index < -0.39 is 52.0 Å². The van der Waals surface area contributed by atoms with Crippen LogP contribution in [0, 0.1) is 11.8 Å². The van der Waals surface area contributed by atoms with Gasteiger partial charge in [-0.3, -0.25) is 19.4 Å². The number of aliphatic hydroxyl groups is 3. The third-order valence-electron chi connectivity index (χ3n) is 7.73. The maximum atomic E-state index is 13.7. The molecular formula is C27H28N4O7. The van der Waals surface area contributed by atoms with Crippen molar-refractivity contribution in [3.05, 3.63) is 64.2 Å². The van der Waals surface area contributed by atoms with Gasteiger partial charge in [-0.1, -0.05) is 6.07 Å². The van der Waals surface area contributed by atoms with Crippen molar-refractivity contribution in [1.82, 2.24) is 4.98 Å². The molecule has 0 unspecified atom stereocenters. The van der Waals surface area contributed by atoms with Crippen LogP contribution in [0.5, 0.6) is 5.75 Å². The summed E-state index contributed by atoms with van der Waals surface area (Å²) in [6, 6.07) is 5.39. The minimum atomic E-state index is -2.59. The Hall–Kier alpha value is -4.38. The van der Waals surface area contributed by atoms with E-state index in [1.165, 1.54) is 0 Å². The number of carbonyl (C=O) groups is 3. The minimum absolute atomic E-state index is 0.0389. The van der Waals surface area contributed by atoms with Crippen LogP contribution in [-0.4, -0.2) is 62.6 Å². The number of nitrogens with one attached hydrogen (secondary N) is 1. The fourth-order valence-corrected chi connectivity index (χ4v) is 5.90. The Bertz CT molecular complexity index is 1450. The largest absolute Gasteiger partial charge is 0.508 e. The van der Waals surface area contributed by atoms with Crippen LogP contribution in [0.3, 0.4) is 0 Å². The number of aliphatic hydroxyl groups excluding tert-OH is 2. The van der Waals surface area contributed by atoms with Gasteiger partial charge < -0.3 is 36.4 Å². The summed E-state index contributed by atoms with van der Waals surface area (Å²) in [6.07, 6.45) is 3.28. The van der Waals surface area contributed by atoms with Crippen LogP contribution in [0.15, 0.2) is 47.5 Å². The van der Waals surface area contributed by atoms with E-state index in [1.807, 2.05) is 25.1 Å². The van der Waals surface area contributed by atoms with Crippen LogP contribution < -0.4 is 16.0 Å². The molecule has 2 aromatic rings. The second-order valence-electron chi connectivity index (χ2n) is 10.2. The van der Waals surface area contributed by atoms with E-state index in [2.05, 4.69) is 10.3 Å². The van der Waals surface area contributed by atoms with E-state index in [0.717, 1.165) is 5.56 Å². The van der Waals surface area contributed by atoms with Gasteiger partial charge in [0.25, 0.3) is 5.91 Å². The summed E-state index contributed by atoms with van der Waals surface area (Å²) in [6.45, 7) is 0.329. The van der Waals surface area contributed by atoms with Gasteiger partial charge in [0.15, 0.2) is 11.4 Å². The molecular weight excluding hydrogens is 492 g/mol. The zero-order valence-corrected chi connectivity index (χ0v) is 20.9. The zero-order valence-electron chi connectivity index (χ0n) is 20.9. The molecule has 5 rings (SSSR count). The highest BCUT2D eigenvalue weighted by Gasteiger charge is 2.60. The van der Waals surface area contributed by atoms with Crippen LogP contribution in [0.2, 0.25) is 0 Å². The highest BCUT2D eigenvalue weighted by Crippen LogP contribution is 2.54. The predicted octanol–water partition coefficient (Wildman–Crippen LogP) is 1.50. The number of aromatic hydroxyl groups is 1. The minimum Gasteiger partial charge on any atom is -0.508 e. The number of anilines is 2. The Labute approximate surface area is 217 Å². The summed E-state index contributed by atoms with van der Waals surface area (Å²) in [4.78, 5) is 43.9. The first kappa shape index (κ1) is 25.3. The van der Waals surface area contributed by atoms with E-state index in [4.69, 9.17) is 5.73 Å². The maximum Gasteiger partial charge on any atom is 0.255 e. The summed E-state index contributed by atoms with van der Waals surface area (Å²) in [5.74, 6) is -6.52. The molecule has 1 fully saturated rings. The van der Waals surface area contributed by atoms with Crippen molar-refractivity contribution in [2.24, 2.45) is 17.6 Å². The number of hydrogen-bond donors (Lipinski definition) is 6. The standard InChI is InChI=1S/C27H28N4O7/c1-31(2)17-9-16(30-11-12-4-3-5-29-10-12)22(33)20-15(17)7-13-6-14-8-18(32)21(26(28)37)25(36)27(14,38)24(35)19(13)23(20)34/h3-5,9-10,13-14,30,33-34,36,38H,6-8,11H2,1-2H3,(H2,28,37)/t13-,14+,27+/m1/s1. The third-order valence-corrected chi connectivity index (χ3v) is 7.73. The summed E-state index contributed by atoms with van der Waals surface area (Å²) in [5.41, 5.74) is 4.16. The lowest BCUT2D eigenvalue weighted by atomic mass is 9.59. The number of phenols is 1. The molecule has 1 amide bonds. The Morgan fingerprint density at radius 2 is 1.97 bits per heavy atom. The van der Waals surface area contributed by atoms with Crippen LogP contribution in [0.1, 0.15) is 29.5 Å². The average Bonchev–Trinajstić information content (AvgIpc) is 2.86. The van der Waals surface area contributed by atoms with Crippen LogP contribution >= 0.6 is 0 Å². The first-order chi connectivity index (χ1) is 18.0. The van der Waals surface area contributed by atoms with Gasteiger partial charge >= 0.3 is 0 Å². The molecule has 0 spiro atoms. The summed E-state index contributed by atoms with van der Waals surface area (Å²) in [7, 11) is 3.62. The van der Waals surface area contributed by atoms with Crippen molar-refractivity contribution in [1.29, 1.82) is 0 Å². The summed E-state index contributed by atoms with van der Waals surface area (Å²) >= 11 is 0. The normalized spacial score (nSPS) is 24.5. The molecule has 11 heteroatoms. The first-order valence-corrected chi connectivity index (χ1v) is 12.1. The number of rotatable bonds is 5. The second kappa shape index (κ2) is 8.88. The van der Waals surface area contributed by atoms with Gasteiger partial charge in [0.1, 0.15) is 22.8 Å². The highest BCUT2D eigenvalue weighted by molar-refractivity contribution is 6.22. The van der Waals surface area contributed by atoms with Crippen molar-refractivity contribution >= 4 is 34.6 Å². The lowest BCUT2D eigenvalue weighted by molar-refractivity contribution is -0.147. The first-order valence-electron chi connectivity index (χ1n) is 12.1. The molecule has 0 aliphatic heterocycles. The number of nitrogens with zero attached hydrogens (tertiary/aromatic N) is 2. The SMILES string of the molecule is CN(C)c1cc(NCc2cccnc2)c(O)c2c1C[C@H]1C[C@H]3CC(=O)C(C(N)=O)=C(O)[C@@]3(O)C(=O)C1=C2O. The van der Waals surface area contributed by atoms with E-state index in [0.29, 0.717) is 23.5 Å². The highest BCUT2D eigenvalue weighted by atomic mass is 16.3. The van der Waals surface area contributed by atoms with Crippen molar-refractivity contribution in [3.8, 4) is 5.75 Å². The number of primary amides is 1. The molecule has 1 saturated carbocycles. The number of phenolic OH excluding ortho intramolecular Hbond substituents is 1. The van der Waals surface area contributed by atoms with Crippen molar-refractivity contribution in [2.75, 3.05) is 24.3 Å². The Morgan fingerprint density at radius 1 is 1.24 bits per heavy atom. The number of benzene rings is 1. The fraction of sp³-hybridized carbons (Fsp3) is 0.333. The van der Waals surface area contributed by atoms with Crippen LogP contribution in [0.25, 0.3) is 5.76 Å². The Morgan fingerprint density at radius 3 is 2.61 bits per heavy atom. The molecule has 3 atom stereocenters. The topological polar surface area (TPSA) is 186 Å². The smallest absolute Gasteiger partial charge is 0.255 e. The van der Waals surface area contributed by atoms with E-state index >= 15 is 0 Å². The van der Waals surface area contributed by atoms with Crippen LogP contribution in [0.4, 0.5) is 11.4 Å². The number of amides is 1. The molecule has 1 heterocycles. The van der Waals surface area contributed by atoms with Crippen molar-refractivity contribution in [3.63, 3.8) is 0 Å². The maximum absolute atomic E-state index is 13.7. The summed E-state index contributed by atoms with van der Waals surface area (Å²) < 4.78 is 0. The van der Waals surface area contributed by atoms with Gasteiger partial charge in [0.05, 0.1) is 11.3 Å². The van der Waals surface area contributed by atoms with E-state index in [9.17, 15) is 34.8 Å². The Kier molecular flexibility index (Phi) is 5.90. The zero-order chi connectivity index (χ0) is 27.5. The molecule has 0 saturated heterocycles. The number of fused-ring (bicyclic) bond motifs is 3. The molecule has 7 N–H and O–H groups in total. The fourth-order valence-electron chi connectivity index (χ4n) is 5.90.